The molecule has 0 aromatic rings. The van der Waals surface area contributed by atoms with Gasteiger partial charge in [-0.3, -0.25) is 4.90 Å². The smallest absolute Gasteiger partial charge is 0.0195 e. The molecule has 1 atom stereocenters. The van der Waals surface area contributed by atoms with Gasteiger partial charge in [0.15, 0.2) is 0 Å². The lowest BCUT2D eigenvalue weighted by Gasteiger charge is -2.34. The molecular weight excluding hydrogens is 208 g/mol. The summed E-state index contributed by atoms with van der Waals surface area (Å²) in [5.74, 6) is 0.986. The molecule has 0 bridgehead atoms. The van der Waals surface area contributed by atoms with Gasteiger partial charge < -0.3 is 5.32 Å². The second kappa shape index (κ2) is 5.71. The Kier molecular flexibility index (Phi) is 4.02. The molecule has 3 rings (SSSR count). The van der Waals surface area contributed by atoms with E-state index in [1.54, 1.807) is 0 Å². The van der Waals surface area contributed by atoms with Gasteiger partial charge in [0.05, 0.1) is 0 Å². The van der Waals surface area contributed by atoms with Crippen LogP contribution < -0.4 is 5.32 Å². The monoisotopic (exact) mass is 236 g/mol. The molecule has 0 aromatic heterocycles. The summed E-state index contributed by atoms with van der Waals surface area (Å²) in [7, 11) is 0. The average Bonchev–Trinajstić information content (AvgIpc) is 3.22. The van der Waals surface area contributed by atoms with Crippen LogP contribution in [0.1, 0.15) is 57.8 Å². The molecule has 2 saturated carbocycles. The SMILES string of the molecule is C1CCC(CNC2CCCN(C3CC3)C2)CC1. The predicted octanol–water partition coefficient (Wildman–Crippen LogP) is 2.78. The zero-order chi connectivity index (χ0) is 11.5. The summed E-state index contributed by atoms with van der Waals surface area (Å²) >= 11 is 0. The largest absolute Gasteiger partial charge is 0.312 e. The molecule has 0 radical (unpaired) electrons. The number of likely N-dealkylation sites (tertiary alicyclic amines) is 1. The van der Waals surface area contributed by atoms with Crippen LogP contribution in [0.2, 0.25) is 0 Å². The zero-order valence-corrected chi connectivity index (χ0v) is 11.2. The van der Waals surface area contributed by atoms with E-state index in [0.29, 0.717) is 0 Å². The molecule has 1 heterocycles. The molecular formula is C15H28N2. The Morgan fingerprint density at radius 2 is 1.71 bits per heavy atom. The number of hydrogen-bond acceptors (Lipinski definition) is 2. The standard InChI is InChI=1S/C15H28N2/c1-2-5-13(6-3-1)11-16-14-7-4-10-17(12-14)15-8-9-15/h13-16H,1-12H2. The van der Waals surface area contributed by atoms with Crippen molar-refractivity contribution in [1.82, 2.24) is 10.2 Å². The molecule has 3 fully saturated rings. The van der Waals surface area contributed by atoms with Crippen LogP contribution in [0.3, 0.4) is 0 Å². The topological polar surface area (TPSA) is 15.3 Å². The van der Waals surface area contributed by atoms with Crippen LogP contribution in [0.15, 0.2) is 0 Å². The normalized spacial score (nSPS) is 32.8. The van der Waals surface area contributed by atoms with Crippen molar-refractivity contribution >= 4 is 0 Å². The summed E-state index contributed by atoms with van der Waals surface area (Å²) in [6, 6.07) is 1.76. The summed E-state index contributed by atoms with van der Waals surface area (Å²) in [4.78, 5) is 2.74. The Hall–Kier alpha value is -0.0800. The first kappa shape index (κ1) is 12.0. The highest BCUT2D eigenvalue weighted by molar-refractivity contribution is 4.90. The van der Waals surface area contributed by atoms with Crippen molar-refractivity contribution in [2.75, 3.05) is 19.6 Å². The van der Waals surface area contributed by atoms with Crippen molar-refractivity contribution in [3.63, 3.8) is 0 Å². The van der Waals surface area contributed by atoms with Gasteiger partial charge in [0, 0.05) is 18.6 Å². The van der Waals surface area contributed by atoms with E-state index in [-0.39, 0.29) is 0 Å². The third-order valence-electron chi connectivity index (χ3n) is 4.94. The van der Waals surface area contributed by atoms with Crippen molar-refractivity contribution in [1.29, 1.82) is 0 Å². The third-order valence-corrected chi connectivity index (χ3v) is 4.94. The van der Waals surface area contributed by atoms with Gasteiger partial charge in [0.1, 0.15) is 0 Å². The Labute approximate surface area is 106 Å². The Balaban J connectivity index is 1.38. The fourth-order valence-electron chi connectivity index (χ4n) is 3.67. The Bertz CT molecular complexity index is 231. The van der Waals surface area contributed by atoms with E-state index in [0.717, 1.165) is 18.0 Å². The highest BCUT2D eigenvalue weighted by Gasteiger charge is 2.32. The summed E-state index contributed by atoms with van der Waals surface area (Å²) in [6.07, 6.45) is 13.2. The van der Waals surface area contributed by atoms with Crippen LogP contribution in [0.5, 0.6) is 0 Å². The molecule has 2 nitrogen and oxygen atoms in total. The van der Waals surface area contributed by atoms with E-state index in [4.69, 9.17) is 0 Å². The van der Waals surface area contributed by atoms with Gasteiger partial charge in [-0.05, 0) is 57.5 Å². The van der Waals surface area contributed by atoms with Crippen molar-refractivity contribution in [3.05, 3.63) is 0 Å². The van der Waals surface area contributed by atoms with Crippen LogP contribution in [-0.2, 0) is 0 Å². The lowest BCUT2D eigenvalue weighted by atomic mass is 9.89. The second-order valence-corrected chi connectivity index (χ2v) is 6.48. The lowest BCUT2D eigenvalue weighted by molar-refractivity contribution is 0.176. The van der Waals surface area contributed by atoms with Crippen LogP contribution in [0.4, 0.5) is 0 Å². The third kappa shape index (κ3) is 3.45. The first-order valence-corrected chi connectivity index (χ1v) is 7.89. The molecule has 0 spiro atoms. The van der Waals surface area contributed by atoms with Gasteiger partial charge in [0.2, 0.25) is 0 Å². The highest BCUT2D eigenvalue weighted by atomic mass is 15.2. The molecule has 0 aromatic carbocycles. The maximum absolute atomic E-state index is 3.86. The Morgan fingerprint density at radius 3 is 2.47 bits per heavy atom. The first-order valence-electron chi connectivity index (χ1n) is 7.89. The molecule has 3 aliphatic rings. The van der Waals surface area contributed by atoms with E-state index < -0.39 is 0 Å². The van der Waals surface area contributed by atoms with Gasteiger partial charge in [-0.25, -0.2) is 0 Å². The molecule has 98 valence electrons. The molecule has 1 N–H and O–H groups in total. The highest BCUT2D eigenvalue weighted by Crippen LogP contribution is 2.29. The molecule has 1 saturated heterocycles. The van der Waals surface area contributed by atoms with Crippen molar-refractivity contribution in [3.8, 4) is 0 Å². The van der Waals surface area contributed by atoms with Crippen LogP contribution >= 0.6 is 0 Å². The van der Waals surface area contributed by atoms with E-state index in [9.17, 15) is 0 Å². The Morgan fingerprint density at radius 1 is 0.882 bits per heavy atom. The number of rotatable bonds is 4. The van der Waals surface area contributed by atoms with Gasteiger partial charge in [-0.1, -0.05) is 19.3 Å². The number of nitrogens with zero attached hydrogens (tertiary/aromatic N) is 1. The molecule has 0 amide bonds. The predicted molar refractivity (Wildman–Crippen MR) is 72.2 cm³/mol. The number of piperidine rings is 1. The summed E-state index contributed by atoms with van der Waals surface area (Å²) < 4.78 is 0. The van der Waals surface area contributed by atoms with Crippen molar-refractivity contribution in [2.24, 2.45) is 5.92 Å². The maximum atomic E-state index is 3.86. The number of hydrogen-bond donors (Lipinski definition) is 1. The van der Waals surface area contributed by atoms with E-state index >= 15 is 0 Å². The summed E-state index contributed by atoms with van der Waals surface area (Å²) in [5.41, 5.74) is 0. The lowest BCUT2D eigenvalue weighted by Crippen LogP contribution is -2.47. The molecule has 2 heteroatoms. The van der Waals surface area contributed by atoms with Gasteiger partial charge >= 0.3 is 0 Å². The molecule has 17 heavy (non-hydrogen) atoms. The fraction of sp³-hybridized carbons (Fsp3) is 1.00. The molecule has 2 aliphatic carbocycles. The van der Waals surface area contributed by atoms with E-state index in [1.165, 1.54) is 77.4 Å². The van der Waals surface area contributed by atoms with Gasteiger partial charge in [-0.15, -0.1) is 0 Å². The van der Waals surface area contributed by atoms with Gasteiger partial charge in [-0.2, -0.15) is 0 Å². The first-order chi connectivity index (χ1) is 8.42. The minimum absolute atomic E-state index is 0.797. The summed E-state index contributed by atoms with van der Waals surface area (Å²) in [5, 5.41) is 3.86. The molecule has 1 unspecified atom stereocenters. The fourth-order valence-corrected chi connectivity index (χ4v) is 3.67. The number of nitrogens with one attached hydrogen (secondary N) is 1. The molecule has 1 aliphatic heterocycles. The van der Waals surface area contributed by atoms with Crippen LogP contribution in [-0.4, -0.2) is 36.6 Å². The zero-order valence-electron chi connectivity index (χ0n) is 11.2. The van der Waals surface area contributed by atoms with E-state index in [2.05, 4.69) is 10.2 Å². The summed E-state index contributed by atoms with van der Waals surface area (Å²) in [6.45, 7) is 3.99. The van der Waals surface area contributed by atoms with Gasteiger partial charge in [0.25, 0.3) is 0 Å². The quantitative estimate of drug-likeness (QED) is 0.807. The minimum atomic E-state index is 0.797. The van der Waals surface area contributed by atoms with Crippen molar-refractivity contribution in [2.45, 2.75) is 69.9 Å². The maximum Gasteiger partial charge on any atom is 0.0195 e. The minimum Gasteiger partial charge on any atom is -0.312 e. The van der Waals surface area contributed by atoms with E-state index in [1.807, 2.05) is 0 Å². The van der Waals surface area contributed by atoms with Crippen LogP contribution in [0.25, 0.3) is 0 Å². The van der Waals surface area contributed by atoms with Crippen LogP contribution in [0, 0.1) is 5.92 Å². The average molecular weight is 236 g/mol. The second-order valence-electron chi connectivity index (χ2n) is 6.48. The van der Waals surface area contributed by atoms with Crippen molar-refractivity contribution < 1.29 is 0 Å².